The van der Waals surface area contributed by atoms with Crippen LogP contribution in [0.25, 0.3) is 0 Å². The molecule has 7 heteroatoms. The first-order valence-electron chi connectivity index (χ1n) is 11.1. The van der Waals surface area contributed by atoms with Crippen LogP contribution in [0.4, 0.5) is 0 Å². The van der Waals surface area contributed by atoms with Gasteiger partial charge in [-0.15, -0.1) is 0 Å². The summed E-state index contributed by atoms with van der Waals surface area (Å²) in [6, 6.07) is 20.5. The van der Waals surface area contributed by atoms with Gasteiger partial charge in [0.2, 0.25) is 0 Å². The second kappa shape index (κ2) is 10.5. The number of hydrogen-bond donors (Lipinski definition) is 0. The van der Waals surface area contributed by atoms with Crippen LogP contribution in [0, 0.1) is 0 Å². The largest absolute Gasteiger partial charge is 0.374 e. The van der Waals surface area contributed by atoms with E-state index in [0.29, 0.717) is 19.8 Å². The highest BCUT2D eigenvalue weighted by Gasteiger charge is 2.70. The van der Waals surface area contributed by atoms with Crippen LogP contribution in [-0.2, 0) is 36.9 Å². The summed E-state index contributed by atoms with van der Waals surface area (Å²) in [7, 11) is 0. The minimum absolute atomic E-state index is 0.0302. The molecule has 3 aliphatic rings. The number of alkyl halides is 2. The monoisotopic (exact) mass is 662 g/mol. The Morgan fingerprint density at radius 1 is 0.812 bits per heavy atom. The van der Waals surface area contributed by atoms with Gasteiger partial charge in [0.15, 0.2) is 0 Å². The molecular weight excluding hydrogens is 634 g/mol. The molecule has 2 aromatic rings. The van der Waals surface area contributed by atoms with Crippen LogP contribution >= 0.6 is 45.2 Å². The molecule has 3 saturated heterocycles. The van der Waals surface area contributed by atoms with E-state index in [2.05, 4.69) is 69.4 Å². The van der Waals surface area contributed by atoms with Gasteiger partial charge in [-0.25, -0.2) is 0 Å². The molecule has 0 saturated carbocycles. The van der Waals surface area contributed by atoms with Crippen LogP contribution in [0.5, 0.6) is 0 Å². The van der Waals surface area contributed by atoms with E-state index in [4.69, 9.17) is 23.7 Å². The molecule has 3 heterocycles. The Hall–Kier alpha value is -0.300. The predicted molar refractivity (Wildman–Crippen MR) is 138 cm³/mol. The van der Waals surface area contributed by atoms with Crippen molar-refractivity contribution in [2.45, 2.75) is 61.9 Å². The summed E-state index contributed by atoms with van der Waals surface area (Å²) in [5.41, 5.74) is 1.84. The lowest BCUT2D eigenvalue weighted by atomic mass is 9.87. The standard InChI is InChI=1S/C25H28I2O5/c26-12-19-11-25-23(30-19)20(13-27)31-24(25)22(29-15-18-9-5-2-6-10-18)21(32-25)16-28-14-17-7-3-1-4-8-17/h1-10,19-24H,11-16H2/t19?,20?,21-,22-,23-,24+,25+/m1/s1. The zero-order chi connectivity index (χ0) is 22.0. The molecule has 172 valence electrons. The first-order chi connectivity index (χ1) is 15.7. The van der Waals surface area contributed by atoms with E-state index in [1.165, 1.54) is 0 Å². The lowest BCUT2D eigenvalue weighted by Gasteiger charge is -2.26. The van der Waals surface area contributed by atoms with Crippen molar-refractivity contribution >= 4 is 45.2 Å². The predicted octanol–water partition coefficient (Wildman–Crippen LogP) is 4.72. The van der Waals surface area contributed by atoms with Crippen LogP contribution in [0.1, 0.15) is 17.5 Å². The number of halogens is 2. The second-order valence-corrected chi connectivity index (χ2v) is 10.4. The molecular formula is C25H28I2O5. The summed E-state index contributed by atoms with van der Waals surface area (Å²) in [4.78, 5) is 0. The van der Waals surface area contributed by atoms with Crippen LogP contribution in [0.15, 0.2) is 60.7 Å². The van der Waals surface area contributed by atoms with Crippen LogP contribution in [-0.4, -0.2) is 57.7 Å². The molecule has 7 atom stereocenters. The number of hydrogen-bond acceptors (Lipinski definition) is 5. The average molecular weight is 662 g/mol. The quantitative estimate of drug-likeness (QED) is 0.288. The molecule has 0 aromatic heterocycles. The Morgan fingerprint density at radius 3 is 2.16 bits per heavy atom. The van der Waals surface area contributed by atoms with E-state index in [9.17, 15) is 0 Å². The zero-order valence-corrected chi connectivity index (χ0v) is 22.1. The molecule has 0 radical (unpaired) electrons. The fourth-order valence-corrected chi connectivity index (χ4v) is 6.33. The molecule has 1 spiro atoms. The van der Waals surface area contributed by atoms with E-state index in [1.807, 2.05) is 36.4 Å². The van der Waals surface area contributed by atoms with Gasteiger partial charge in [0, 0.05) is 15.3 Å². The summed E-state index contributed by atoms with van der Waals surface area (Å²) in [5.74, 6) is 0. The summed E-state index contributed by atoms with van der Waals surface area (Å²) in [6.07, 6.45) is 0.484. The molecule has 5 rings (SSSR count). The molecule has 2 unspecified atom stereocenters. The number of ether oxygens (including phenoxy) is 5. The van der Waals surface area contributed by atoms with Crippen molar-refractivity contribution in [1.29, 1.82) is 0 Å². The lowest BCUT2D eigenvalue weighted by Crippen LogP contribution is -2.45. The molecule has 3 aliphatic heterocycles. The van der Waals surface area contributed by atoms with E-state index >= 15 is 0 Å². The normalized spacial score (nSPS) is 35.7. The van der Waals surface area contributed by atoms with Crippen molar-refractivity contribution in [3.8, 4) is 0 Å². The van der Waals surface area contributed by atoms with Gasteiger partial charge >= 0.3 is 0 Å². The Labute approximate surface area is 216 Å². The summed E-state index contributed by atoms with van der Waals surface area (Å²) in [6.45, 7) is 1.54. The smallest absolute Gasteiger partial charge is 0.129 e. The van der Waals surface area contributed by atoms with Gasteiger partial charge in [0.25, 0.3) is 0 Å². The first kappa shape index (κ1) is 23.4. The fraction of sp³-hybridized carbons (Fsp3) is 0.520. The van der Waals surface area contributed by atoms with Crippen molar-refractivity contribution < 1.29 is 23.7 Å². The third kappa shape index (κ3) is 4.63. The minimum atomic E-state index is -0.451. The number of rotatable bonds is 9. The van der Waals surface area contributed by atoms with E-state index < -0.39 is 5.60 Å². The summed E-state index contributed by atoms with van der Waals surface area (Å²) >= 11 is 4.79. The molecule has 0 amide bonds. The van der Waals surface area contributed by atoms with Gasteiger partial charge in [0.1, 0.15) is 30.0 Å². The highest BCUT2D eigenvalue weighted by molar-refractivity contribution is 14.1. The summed E-state index contributed by atoms with van der Waals surface area (Å²) in [5, 5.41) is 0. The second-order valence-electron chi connectivity index (χ2n) is 8.66. The third-order valence-electron chi connectivity index (χ3n) is 6.55. The number of benzene rings is 2. The van der Waals surface area contributed by atoms with Gasteiger partial charge < -0.3 is 23.7 Å². The Morgan fingerprint density at radius 2 is 1.50 bits per heavy atom. The molecule has 0 bridgehead atoms. The van der Waals surface area contributed by atoms with Crippen LogP contribution in [0.2, 0.25) is 0 Å². The van der Waals surface area contributed by atoms with Gasteiger partial charge in [0.05, 0.1) is 32.0 Å². The van der Waals surface area contributed by atoms with E-state index in [1.54, 1.807) is 0 Å². The Balaban J connectivity index is 1.33. The average Bonchev–Trinajstić information content (AvgIpc) is 3.43. The van der Waals surface area contributed by atoms with Crippen molar-refractivity contribution in [3.05, 3.63) is 71.8 Å². The topological polar surface area (TPSA) is 46.2 Å². The van der Waals surface area contributed by atoms with E-state index in [-0.39, 0.29) is 36.6 Å². The highest BCUT2D eigenvalue weighted by Crippen LogP contribution is 2.53. The maximum atomic E-state index is 6.79. The van der Waals surface area contributed by atoms with Crippen LogP contribution < -0.4 is 0 Å². The molecule has 3 fully saturated rings. The SMILES string of the molecule is ICC1C[C@@]23O[C@H](COCc4ccccc4)[C@@H](OCc4ccccc4)[C@@H]2OC(CI)[C@H]3O1. The lowest BCUT2D eigenvalue weighted by molar-refractivity contribution is -0.127. The molecule has 2 aromatic carbocycles. The Kier molecular flexibility index (Phi) is 7.72. The molecule has 32 heavy (non-hydrogen) atoms. The molecule has 5 nitrogen and oxygen atoms in total. The zero-order valence-electron chi connectivity index (χ0n) is 17.8. The molecule has 0 aliphatic carbocycles. The highest BCUT2D eigenvalue weighted by atomic mass is 127. The van der Waals surface area contributed by atoms with Gasteiger partial charge in [-0.3, -0.25) is 0 Å². The van der Waals surface area contributed by atoms with Gasteiger partial charge in [-0.2, -0.15) is 0 Å². The Bertz CT molecular complexity index is 869. The minimum Gasteiger partial charge on any atom is -0.374 e. The van der Waals surface area contributed by atoms with Gasteiger partial charge in [-0.05, 0) is 11.1 Å². The third-order valence-corrected chi connectivity index (χ3v) is 8.40. The van der Waals surface area contributed by atoms with Crippen LogP contribution in [0.3, 0.4) is 0 Å². The van der Waals surface area contributed by atoms with Crippen molar-refractivity contribution in [2.75, 3.05) is 15.5 Å². The maximum Gasteiger partial charge on any atom is 0.129 e. The van der Waals surface area contributed by atoms with Crippen molar-refractivity contribution in [2.24, 2.45) is 0 Å². The molecule has 0 N–H and O–H groups in total. The fourth-order valence-electron chi connectivity index (χ4n) is 5.15. The summed E-state index contributed by atoms with van der Waals surface area (Å²) < 4.78 is 34.2. The van der Waals surface area contributed by atoms with Crippen molar-refractivity contribution in [3.63, 3.8) is 0 Å². The first-order valence-corrected chi connectivity index (χ1v) is 14.2. The maximum absolute atomic E-state index is 6.79. The van der Waals surface area contributed by atoms with Gasteiger partial charge in [-0.1, -0.05) is 106 Å². The van der Waals surface area contributed by atoms with Crippen molar-refractivity contribution in [1.82, 2.24) is 0 Å². The van der Waals surface area contributed by atoms with E-state index in [0.717, 1.165) is 26.4 Å².